The predicted octanol–water partition coefficient (Wildman–Crippen LogP) is 1.35. The van der Waals surface area contributed by atoms with Gasteiger partial charge in [-0.15, -0.1) is 0 Å². The van der Waals surface area contributed by atoms with Crippen LogP contribution in [0.1, 0.15) is 18.6 Å². The van der Waals surface area contributed by atoms with E-state index in [1.807, 2.05) is 0 Å². The molecule has 0 aromatic heterocycles. The van der Waals surface area contributed by atoms with Crippen molar-refractivity contribution >= 4 is 5.69 Å². The van der Waals surface area contributed by atoms with Crippen LogP contribution in [0, 0.1) is 10.1 Å². The van der Waals surface area contributed by atoms with Gasteiger partial charge in [0.1, 0.15) is 0 Å². The van der Waals surface area contributed by atoms with Crippen molar-refractivity contribution in [3.8, 4) is 5.75 Å². The monoisotopic (exact) mass is 183 g/mol. The minimum Gasteiger partial charge on any atom is -0.502 e. The maximum Gasteiger partial charge on any atom is 0.311 e. The first-order valence-corrected chi connectivity index (χ1v) is 3.67. The molecular formula is C8H9NO4. The van der Waals surface area contributed by atoms with E-state index in [0.717, 1.165) is 6.07 Å². The van der Waals surface area contributed by atoms with Gasteiger partial charge in [-0.1, -0.05) is 6.07 Å². The number of benzene rings is 1. The summed E-state index contributed by atoms with van der Waals surface area (Å²) >= 11 is 0. The van der Waals surface area contributed by atoms with Crippen LogP contribution >= 0.6 is 0 Å². The molecule has 0 amide bonds. The first-order chi connectivity index (χ1) is 6.02. The second-order valence-corrected chi connectivity index (χ2v) is 2.68. The largest absolute Gasteiger partial charge is 0.502 e. The van der Waals surface area contributed by atoms with Crippen molar-refractivity contribution in [3.63, 3.8) is 0 Å². The lowest BCUT2D eigenvalue weighted by Crippen LogP contribution is -1.94. The number of hydrogen-bond donors (Lipinski definition) is 2. The Balaban J connectivity index is 3.19. The number of phenols is 1. The lowest BCUT2D eigenvalue weighted by Gasteiger charge is -2.04. The molecule has 0 aliphatic carbocycles. The van der Waals surface area contributed by atoms with Crippen LogP contribution in [0.3, 0.4) is 0 Å². The third kappa shape index (κ3) is 1.94. The Morgan fingerprint density at radius 1 is 1.54 bits per heavy atom. The van der Waals surface area contributed by atoms with Crippen molar-refractivity contribution in [3.05, 3.63) is 33.9 Å². The molecule has 1 atom stereocenters. The van der Waals surface area contributed by atoms with Gasteiger partial charge in [-0.25, -0.2) is 0 Å². The van der Waals surface area contributed by atoms with Gasteiger partial charge < -0.3 is 10.2 Å². The van der Waals surface area contributed by atoms with Crippen LogP contribution in [0.5, 0.6) is 5.75 Å². The molecule has 1 aromatic carbocycles. The normalized spacial score (nSPS) is 12.5. The van der Waals surface area contributed by atoms with Crippen molar-refractivity contribution < 1.29 is 15.1 Å². The highest BCUT2D eigenvalue weighted by atomic mass is 16.6. The van der Waals surface area contributed by atoms with Crippen LogP contribution < -0.4 is 0 Å². The molecule has 13 heavy (non-hydrogen) atoms. The quantitative estimate of drug-likeness (QED) is 0.535. The van der Waals surface area contributed by atoms with E-state index in [9.17, 15) is 10.1 Å². The summed E-state index contributed by atoms with van der Waals surface area (Å²) in [5.74, 6) is -0.394. The van der Waals surface area contributed by atoms with E-state index in [4.69, 9.17) is 10.2 Å². The maximum atomic E-state index is 10.4. The number of nitro benzene ring substituents is 1. The standard InChI is InChI=1S/C8H9NO4/c1-5(10)6-2-3-8(11)7(4-6)9(12)13/h2-5,10-11H,1H3/t5-/m1/s1. The van der Waals surface area contributed by atoms with E-state index in [1.54, 1.807) is 0 Å². The molecule has 0 radical (unpaired) electrons. The number of nitrogens with zero attached hydrogens (tertiary/aromatic N) is 1. The molecule has 0 aliphatic rings. The average Bonchev–Trinajstić information content (AvgIpc) is 2.04. The minimum atomic E-state index is -0.778. The van der Waals surface area contributed by atoms with Crippen molar-refractivity contribution in [2.75, 3.05) is 0 Å². The van der Waals surface area contributed by atoms with Crippen LogP contribution in [0.4, 0.5) is 5.69 Å². The topological polar surface area (TPSA) is 83.6 Å². The Morgan fingerprint density at radius 3 is 2.62 bits per heavy atom. The van der Waals surface area contributed by atoms with Crippen LogP contribution in [0.2, 0.25) is 0 Å². The Bertz CT molecular complexity index is 335. The first-order valence-electron chi connectivity index (χ1n) is 3.67. The SMILES string of the molecule is C[C@@H](O)c1ccc(O)c([N+](=O)[O-])c1. The summed E-state index contributed by atoms with van der Waals surface area (Å²) in [5, 5.41) is 28.5. The highest BCUT2D eigenvalue weighted by Gasteiger charge is 2.14. The molecule has 0 saturated heterocycles. The van der Waals surface area contributed by atoms with E-state index >= 15 is 0 Å². The van der Waals surface area contributed by atoms with Crippen molar-refractivity contribution in [1.29, 1.82) is 0 Å². The fourth-order valence-electron chi connectivity index (χ4n) is 0.947. The number of aromatic hydroxyl groups is 1. The van der Waals surface area contributed by atoms with Crippen LogP contribution in [-0.4, -0.2) is 15.1 Å². The molecule has 0 saturated carbocycles. The van der Waals surface area contributed by atoms with Crippen LogP contribution in [-0.2, 0) is 0 Å². The molecular weight excluding hydrogens is 174 g/mol. The molecule has 1 aromatic rings. The number of hydrogen-bond acceptors (Lipinski definition) is 4. The molecule has 5 heteroatoms. The summed E-state index contributed by atoms with van der Waals surface area (Å²) in [5.41, 5.74) is 0.0166. The molecule has 0 aliphatic heterocycles. The lowest BCUT2D eigenvalue weighted by atomic mass is 10.1. The van der Waals surface area contributed by atoms with E-state index in [-0.39, 0.29) is 0 Å². The fraction of sp³-hybridized carbons (Fsp3) is 0.250. The van der Waals surface area contributed by atoms with Gasteiger partial charge in [0.2, 0.25) is 0 Å². The number of phenolic OH excluding ortho intramolecular Hbond substituents is 1. The molecule has 1 rings (SSSR count). The Labute approximate surface area is 74.4 Å². The molecule has 0 fully saturated rings. The average molecular weight is 183 g/mol. The second kappa shape index (κ2) is 3.40. The van der Waals surface area contributed by atoms with E-state index in [2.05, 4.69) is 0 Å². The molecule has 0 spiro atoms. The lowest BCUT2D eigenvalue weighted by molar-refractivity contribution is -0.386. The Morgan fingerprint density at radius 2 is 2.15 bits per heavy atom. The first kappa shape index (κ1) is 9.47. The third-order valence-electron chi connectivity index (χ3n) is 1.68. The molecule has 0 unspecified atom stereocenters. The molecule has 0 heterocycles. The van der Waals surface area contributed by atoms with E-state index < -0.39 is 22.5 Å². The molecule has 0 bridgehead atoms. The van der Waals surface area contributed by atoms with Crippen molar-refractivity contribution in [2.24, 2.45) is 0 Å². The summed E-state index contributed by atoms with van der Waals surface area (Å²) in [7, 11) is 0. The zero-order valence-electron chi connectivity index (χ0n) is 6.97. The Kier molecular flexibility index (Phi) is 2.48. The zero-order chi connectivity index (χ0) is 10.0. The van der Waals surface area contributed by atoms with Crippen molar-refractivity contribution in [2.45, 2.75) is 13.0 Å². The summed E-state index contributed by atoms with van der Waals surface area (Å²) in [4.78, 5) is 9.67. The smallest absolute Gasteiger partial charge is 0.311 e. The summed E-state index contributed by atoms with van der Waals surface area (Å²) < 4.78 is 0. The number of aliphatic hydroxyl groups excluding tert-OH is 1. The van der Waals surface area contributed by atoms with Gasteiger partial charge >= 0.3 is 5.69 Å². The van der Waals surface area contributed by atoms with E-state index in [1.165, 1.54) is 19.1 Å². The maximum absolute atomic E-state index is 10.4. The van der Waals surface area contributed by atoms with Gasteiger partial charge in [0.25, 0.3) is 0 Å². The highest BCUT2D eigenvalue weighted by molar-refractivity contribution is 5.47. The van der Waals surface area contributed by atoms with E-state index in [0.29, 0.717) is 5.56 Å². The van der Waals surface area contributed by atoms with Crippen LogP contribution in [0.25, 0.3) is 0 Å². The summed E-state index contributed by atoms with van der Waals surface area (Å²) in [6, 6.07) is 3.78. The predicted molar refractivity (Wildman–Crippen MR) is 45.4 cm³/mol. The second-order valence-electron chi connectivity index (χ2n) is 2.68. The van der Waals surface area contributed by atoms with Gasteiger partial charge in [0.15, 0.2) is 5.75 Å². The number of aliphatic hydroxyl groups is 1. The van der Waals surface area contributed by atoms with Crippen molar-refractivity contribution in [1.82, 2.24) is 0 Å². The fourth-order valence-corrected chi connectivity index (χ4v) is 0.947. The number of nitro groups is 1. The zero-order valence-corrected chi connectivity index (χ0v) is 6.97. The van der Waals surface area contributed by atoms with Gasteiger partial charge in [0, 0.05) is 6.07 Å². The third-order valence-corrected chi connectivity index (χ3v) is 1.68. The molecule has 2 N–H and O–H groups in total. The highest BCUT2D eigenvalue weighted by Crippen LogP contribution is 2.28. The molecule has 5 nitrogen and oxygen atoms in total. The Hall–Kier alpha value is -1.62. The summed E-state index contributed by atoms with van der Waals surface area (Å²) in [6.07, 6.45) is -0.778. The van der Waals surface area contributed by atoms with Gasteiger partial charge in [-0.2, -0.15) is 0 Å². The van der Waals surface area contributed by atoms with Gasteiger partial charge in [-0.3, -0.25) is 10.1 Å². The molecule has 70 valence electrons. The minimum absolute atomic E-state index is 0.390. The number of rotatable bonds is 2. The van der Waals surface area contributed by atoms with Crippen LogP contribution in [0.15, 0.2) is 18.2 Å². The summed E-state index contributed by atoms with van der Waals surface area (Å²) in [6.45, 7) is 1.50. The van der Waals surface area contributed by atoms with Gasteiger partial charge in [0.05, 0.1) is 11.0 Å². The van der Waals surface area contributed by atoms with Gasteiger partial charge in [-0.05, 0) is 18.6 Å².